The number of aryl methyl sites for hydroxylation is 2. The van der Waals surface area contributed by atoms with Crippen molar-refractivity contribution in [3.8, 4) is 11.4 Å². The summed E-state index contributed by atoms with van der Waals surface area (Å²) in [6.45, 7) is 2.65. The molecule has 0 fully saturated rings. The molecule has 0 atom stereocenters. The molecule has 118 valence electrons. The van der Waals surface area contributed by atoms with Crippen LogP contribution in [-0.4, -0.2) is 32.5 Å². The fourth-order valence-corrected chi connectivity index (χ4v) is 2.78. The standard InChI is InChI=1S/C17H19N5O/c1-11-5-15-14(6-12(11)3-4-18)13(8-20-23)7-16(21-15)17-9-19-10-22(17)2/h5-10,23H,3-4,18H2,1-2H3/b20-8+. The van der Waals surface area contributed by atoms with Crippen molar-refractivity contribution in [3.63, 3.8) is 0 Å². The molecule has 0 aliphatic rings. The summed E-state index contributed by atoms with van der Waals surface area (Å²) in [4.78, 5) is 8.88. The molecule has 0 spiro atoms. The number of pyridine rings is 1. The first-order chi connectivity index (χ1) is 11.1. The normalized spacial score (nSPS) is 11.6. The number of nitrogens with zero attached hydrogens (tertiary/aromatic N) is 4. The van der Waals surface area contributed by atoms with Gasteiger partial charge >= 0.3 is 0 Å². The van der Waals surface area contributed by atoms with Gasteiger partial charge in [-0.25, -0.2) is 9.97 Å². The van der Waals surface area contributed by atoms with Crippen LogP contribution in [0.15, 0.2) is 35.9 Å². The van der Waals surface area contributed by atoms with Gasteiger partial charge in [-0.2, -0.15) is 0 Å². The maximum atomic E-state index is 8.99. The Hall–Kier alpha value is -2.73. The molecule has 2 aromatic heterocycles. The molecule has 23 heavy (non-hydrogen) atoms. The molecule has 3 N–H and O–H groups in total. The Kier molecular flexibility index (Phi) is 4.08. The number of oxime groups is 1. The molecule has 6 nitrogen and oxygen atoms in total. The Morgan fingerprint density at radius 1 is 1.35 bits per heavy atom. The van der Waals surface area contributed by atoms with Gasteiger partial charge in [0.2, 0.25) is 0 Å². The highest BCUT2D eigenvalue weighted by Gasteiger charge is 2.11. The van der Waals surface area contributed by atoms with E-state index in [0.29, 0.717) is 6.54 Å². The van der Waals surface area contributed by atoms with Crippen LogP contribution in [0.1, 0.15) is 16.7 Å². The fourth-order valence-electron chi connectivity index (χ4n) is 2.78. The number of benzene rings is 1. The fraction of sp³-hybridized carbons (Fsp3) is 0.235. The molecule has 0 amide bonds. The van der Waals surface area contributed by atoms with E-state index in [1.165, 1.54) is 11.8 Å². The van der Waals surface area contributed by atoms with Crippen LogP contribution in [0, 0.1) is 6.92 Å². The highest BCUT2D eigenvalue weighted by Crippen LogP contribution is 2.26. The predicted octanol–water partition coefficient (Wildman–Crippen LogP) is 2.25. The number of aromatic nitrogens is 3. The molecule has 2 heterocycles. The van der Waals surface area contributed by atoms with Crippen LogP contribution in [0.5, 0.6) is 0 Å². The lowest BCUT2D eigenvalue weighted by molar-refractivity contribution is 0.322. The van der Waals surface area contributed by atoms with Crippen molar-refractivity contribution >= 4 is 17.1 Å². The number of fused-ring (bicyclic) bond motifs is 1. The summed E-state index contributed by atoms with van der Waals surface area (Å²) in [5, 5.41) is 13.1. The van der Waals surface area contributed by atoms with Gasteiger partial charge in [0.05, 0.1) is 35.6 Å². The van der Waals surface area contributed by atoms with Crippen molar-refractivity contribution in [3.05, 3.63) is 47.4 Å². The van der Waals surface area contributed by atoms with Gasteiger partial charge < -0.3 is 15.5 Å². The molecule has 6 heteroatoms. The highest BCUT2D eigenvalue weighted by atomic mass is 16.4. The number of hydrogen-bond acceptors (Lipinski definition) is 5. The molecule has 0 aliphatic heterocycles. The van der Waals surface area contributed by atoms with Gasteiger partial charge in [0.15, 0.2) is 0 Å². The lowest BCUT2D eigenvalue weighted by atomic mass is 9.99. The van der Waals surface area contributed by atoms with E-state index in [2.05, 4.69) is 29.2 Å². The van der Waals surface area contributed by atoms with Gasteiger partial charge in [0, 0.05) is 18.0 Å². The van der Waals surface area contributed by atoms with Crippen LogP contribution in [0.4, 0.5) is 0 Å². The van der Waals surface area contributed by atoms with Crippen molar-refractivity contribution in [1.29, 1.82) is 0 Å². The summed E-state index contributed by atoms with van der Waals surface area (Å²) < 4.78 is 1.91. The van der Waals surface area contributed by atoms with Gasteiger partial charge in [-0.05, 0) is 49.2 Å². The number of imidazole rings is 1. The van der Waals surface area contributed by atoms with Gasteiger partial charge in [0.1, 0.15) is 0 Å². The maximum absolute atomic E-state index is 8.99. The first kappa shape index (κ1) is 15.2. The molecule has 3 aromatic rings. The highest BCUT2D eigenvalue weighted by molar-refractivity contribution is 6.00. The lowest BCUT2D eigenvalue weighted by Crippen LogP contribution is -2.05. The quantitative estimate of drug-likeness (QED) is 0.439. The molecular formula is C17H19N5O. The van der Waals surface area contributed by atoms with Crippen LogP contribution in [-0.2, 0) is 13.5 Å². The Morgan fingerprint density at radius 3 is 2.83 bits per heavy atom. The Morgan fingerprint density at radius 2 is 2.17 bits per heavy atom. The average molecular weight is 309 g/mol. The zero-order valence-electron chi connectivity index (χ0n) is 13.2. The molecule has 3 rings (SSSR count). The molecule has 0 unspecified atom stereocenters. The van der Waals surface area contributed by atoms with E-state index in [9.17, 15) is 0 Å². The van der Waals surface area contributed by atoms with Crippen LogP contribution >= 0.6 is 0 Å². The second kappa shape index (κ2) is 6.18. The number of hydrogen-bond donors (Lipinski definition) is 2. The minimum atomic E-state index is 0.594. The topological polar surface area (TPSA) is 89.3 Å². The van der Waals surface area contributed by atoms with Crippen LogP contribution < -0.4 is 5.73 Å². The molecule has 0 saturated carbocycles. The van der Waals surface area contributed by atoms with E-state index < -0.39 is 0 Å². The molecule has 1 aromatic carbocycles. The first-order valence-electron chi connectivity index (χ1n) is 7.42. The zero-order valence-corrected chi connectivity index (χ0v) is 13.2. The van der Waals surface area contributed by atoms with E-state index in [0.717, 1.165) is 39.8 Å². The third-order valence-electron chi connectivity index (χ3n) is 3.99. The third kappa shape index (κ3) is 2.80. The average Bonchev–Trinajstić information content (AvgIpc) is 2.95. The SMILES string of the molecule is Cc1cc2nc(-c3cncn3C)cc(/C=N/O)c2cc1CCN. The van der Waals surface area contributed by atoms with Crippen molar-refractivity contribution in [1.82, 2.24) is 14.5 Å². The van der Waals surface area contributed by atoms with E-state index in [-0.39, 0.29) is 0 Å². The second-order valence-corrected chi connectivity index (χ2v) is 5.57. The van der Waals surface area contributed by atoms with Crippen molar-refractivity contribution in [2.45, 2.75) is 13.3 Å². The summed E-state index contributed by atoms with van der Waals surface area (Å²) in [6, 6.07) is 6.03. The summed E-state index contributed by atoms with van der Waals surface area (Å²) in [5.74, 6) is 0. The number of nitrogens with two attached hydrogens (primary N) is 1. The minimum Gasteiger partial charge on any atom is -0.411 e. The summed E-state index contributed by atoms with van der Waals surface area (Å²) >= 11 is 0. The van der Waals surface area contributed by atoms with Crippen LogP contribution in [0.2, 0.25) is 0 Å². The largest absolute Gasteiger partial charge is 0.411 e. The van der Waals surface area contributed by atoms with Gasteiger partial charge in [-0.15, -0.1) is 0 Å². The Labute approximate surface area is 134 Å². The molecular weight excluding hydrogens is 290 g/mol. The molecule has 0 saturated heterocycles. The second-order valence-electron chi connectivity index (χ2n) is 5.57. The molecule has 0 radical (unpaired) electrons. The summed E-state index contributed by atoms with van der Waals surface area (Å²) in [6.07, 6.45) is 5.74. The molecule has 0 aliphatic carbocycles. The Balaban J connectivity index is 2.27. The van der Waals surface area contributed by atoms with E-state index in [4.69, 9.17) is 15.9 Å². The van der Waals surface area contributed by atoms with E-state index >= 15 is 0 Å². The summed E-state index contributed by atoms with van der Waals surface area (Å²) in [5.41, 5.74) is 11.4. The van der Waals surface area contributed by atoms with Crippen LogP contribution in [0.3, 0.4) is 0 Å². The van der Waals surface area contributed by atoms with Gasteiger partial charge in [-0.1, -0.05) is 5.16 Å². The van der Waals surface area contributed by atoms with Gasteiger partial charge in [0.25, 0.3) is 0 Å². The first-order valence-corrected chi connectivity index (χ1v) is 7.42. The Bertz CT molecular complexity index is 882. The van der Waals surface area contributed by atoms with Crippen molar-refractivity contribution in [2.24, 2.45) is 17.9 Å². The molecule has 0 bridgehead atoms. The van der Waals surface area contributed by atoms with Gasteiger partial charge in [-0.3, -0.25) is 0 Å². The van der Waals surface area contributed by atoms with Crippen molar-refractivity contribution < 1.29 is 5.21 Å². The monoisotopic (exact) mass is 309 g/mol. The zero-order chi connectivity index (χ0) is 16.4. The minimum absolute atomic E-state index is 0.594. The number of rotatable bonds is 4. The van der Waals surface area contributed by atoms with Crippen molar-refractivity contribution in [2.75, 3.05) is 6.54 Å². The smallest absolute Gasteiger partial charge is 0.0948 e. The maximum Gasteiger partial charge on any atom is 0.0948 e. The third-order valence-corrected chi connectivity index (χ3v) is 3.99. The van der Waals surface area contributed by atoms with E-state index in [1.807, 2.05) is 17.7 Å². The predicted molar refractivity (Wildman–Crippen MR) is 90.8 cm³/mol. The summed E-state index contributed by atoms with van der Waals surface area (Å²) in [7, 11) is 1.92. The van der Waals surface area contributed by atoms with Crippen LogP contribution in [0.25, 0.3) is 22.3 Å². The lowest BCUT2D eigenvalue weighted by Gasteiger charge is -2.11. The van der Waals surface area contributed by atoms with E-state index in [1.54, 1.807) is 12.5 Å².